The lowest BCUT2D eigenvalue weighted by atomic mass is 9.84. The van der Waals surface area contributed by atoms with E-state index in [2.05, 4.69) is 20.5 Å². The minimum Gasteiger partial charge on any atom is -0.356 e. The normalized spacial score (nSPS) is 25.9. The predicted octanol–water partition coefficient (Wildman–Crippen LogP) is 0.346. The van der Waals surface area contributed by atoms with Gasteiger partial charge in [-0.05, 0) is 13.0 Å². The van der Waals surface area contributed by atoms with Gasteiger partial charge in [-0.25, -0.2) is 9.78 Å². The van der Waals surface area contributed by atoms with Crippen LogP contribution in [0.25, 0.3) is 0 Å². The summed E-state index contributed by atoms with van der Waals surface area (Å²) in [5.74, 6) is 0.501. The fourth-order valence-electron chi connectivity index (χ4n) is 2.69. The molecule has 0 saturated carbocycles. The lowest BCUT2D eigenvalue weighted by Crippen LogP contribution is -2.51. The first-order chi connectivity index (χ1) is 8.67. The van der Waals surface area contributed by atoms with E-state index in [4.69, 9.17) is 0 Å². The highest BCUT2D eigenvalue weighted by atomic mass is 16.2. The van der Waals surface area contributed by atoms with Crippen molar-refractivity contribution >= 4 is 17.8 Å². The van der Waals surface area contributed by atoms with Crippen LogP contribution in [0, 0.1) is 0 Å². The van der Waals surface area contributed by atoms with Gasteiger partial charge in [-0.15, -0.1) is 0 Å². The Balaban J connectivity index is 2.15. The third kappa shape index (κ3) is 1.32. The van der Waals surface area contributed by atoms with Gasteiger partial charge in [0.15, 0.2) is 5.54 Å². The molecule has 2 aliphatic rings. The molecule has 1 spiro atoms. The van der Waals surface area contributed by atoms with Gasteiger partial charge in [0.05, 0.1) is 0 Å². The van der Waals surface area contributed by atoms with E-state index in [0.717, 1.165) is 17.9 Å². The van der Waals surface area contributed by atoms with Crippen LogP contribution in [0.4, 0.5) is 10.6 Å². The number of rotatable bonds is 1. The molecule has 18 heavy (non-hydrogen) atoms. The van der Waals surface area contributed by atoms with Gasteiger partial charge in [-0.2, -0.15) is 0 Å². The van der Waals surface area contributed by atoms with Crippen molar-refractivity contribution in [1.82, 2.24) is 15.6 Å². The second-order valence-corrected chi connectivity index (χ2v) is 4.52. The minimum atomic E-state index is -0.938. The molecule has 1 fully saturated rings. The van der Waals surface area contributed by atoms with E-state index in [9.17, 15) is 9.59 Å². The van der Waals surface area contributed by atoms with Crippen molar-refractivity contribution < 1.29 is 9.59 Å². The number of pyridine rings is 1. The monoisotopic (exact) mass is 246 g/mol. The van der Waals surface area contributed by atoms with Gasteiger partial charge in [0.2, 0.25) is 0 Å². The first-order valence-corrected chi connectivity index (χ1v) is 6.01. The zero-order valence-electron chi connectivity index (χ0n) is 10.1. The maximum absolute atomic E-state index is 12.1. The first-order valence-electron chi connectivity index (χ1n) is 6.01. The molecule has 0 aliphatic carbocycles. The third-order valence-electron chi connectivity index (χ3n) is 3.63. The second kappa shape index (κ2) is 3.69. The standard InChI is InChI=1S/C12H14N4O2/c1-2-16-7-5-12(10(17)14-11(18)15-12)8-4-3-6-13-9(8)16/h3-4,6H,2,5,7H2,1H3,(H2,14,15,17,18). The first kappa shape index (κ1) is 11.0. The number of aromatic nitrogens is 1. The third-order valence-corrected chi connectivity index (χ3v) is 3.63. The molecule has 1 saturated heterocycles. The summed E-state index contributed by atoms with van der Waals surface area (Å²) in [6.07, 6.45) is 2.27. The van der Waals surface area contributed by atoms with Crippen LogP contribution in [-0.2, 0) is 10.3 Å². The molecule has 0 radical (unpaired) electrons. The smallest absolute Gasteiger partial charge is 0.322 e. The molecule has 2 aliphatic heterocycles. The summed E-state index contributed by atoms with van der Waals surface area (Å²) >= 11 is 0. The van der Waals surface area contributed by atoms with Gasteiger partial charge in [0.1, 0.15) is 5.82 Å². The molecule has 1 unspecified atom stereocenters. The lowest BCUT2D eigenvalue weighted by Gasteiger charge is -2.38. The fraction of sp³-hybridized carbons (Fsp3) is 0.417. The van der Waals surface area contributed by atoms with Crippen molar-refractivity contribution in [2.45, 2.75) is 18.9 Å². The Morgan fingerprint density at radius 1 is 1.50 bits per heavy atom. The quantitative estimate of drug-likeness (QED) is 0.701. The Hall–Kier alpha value is -2.11. The molecule has 1 aromatic heterocycles. The van der Waals surface area contributed by atoms with Crippen molar-refractivity contribution in [3.63, 3.8) is 0 Å². The molecule has 94 valence electrons. The SMILES string of the molecule is CCN1CCC2(NC(=O)NC2=O)c2cccnc21. The van der Waals surface area contributed by atoms with Crippen LogP contribution in [0.15, 0.2) is 18.3 Å². The van der Waals surface area contributed by atoms with E-state index in [1.54, 1.807) is 12.3 Å². The van der Waals surface area contributed by atoms with Crippen LogP contribution in [-0.4, -0.2) is 30.0 Å². The van der Waals surface area contributed by atoms with E-state index >= 15 is 0 Å². The summed E-state index contributed by atoms with van der Waals surface area (Å²) in [4.78, 5) is 29.9. The zero-order valence-corrected chi connectivity index (χ0v) is 10.1. The number of nitrogens with zero attached hydrogens (tertiary/aromatic N) is 2. The lowest BCUT2D eigenvalue weighted by molar-refractivity contribution is -0.124. The van der Waals surface area contributed by atoms with Gasteiger partial charge < -0.3 is 10.2 Å². The number of urea groups is 1. The molecule has 3 heterocycles. The number of hydrogen-bond acceptors (Lipinski definition) is 4. The number of imide groups is 1. The maximum Gasteiger partial charge on any atom is 0.322 e. The van der Waals surface area contributed by atoms with E-state index in [1.807, 2.05) is 13.0 Å². The second-order valence-electron chi connectivity index (χ2n) is 4.52. The topological polar surface area (TPSA) is 74.3 Å². The number of fused-ring (bicyclic) bond motifs is 2. The Bertz CT molecular complexity index is 531. The fourth-order valence-corrected chi connectivity index (χ4v) is 2.69. The predicted molar refractivity (Wildman–Crippen MR) is 65.1 cm³/mol. The van der Waals surface area contributed by atoms with Gasteiger partial charge in [0.25, 0.3) is 5.91 Å². The highest BCUT2D eigenvalue weighted by Crippen LogP contribution is 2.38. The Morgan fingerprint density at radius 2 is 2.33 bits per heavy atom. The number of hydrogen-bond donors (Lipinski definition) is 2. The van der Waals surface area contributed by atoms with Crippen molar-refractivity contribution in [2.24, 2.45) is 0 Å². The minimum absolute atomic E-state index is 0.280. The summed E-state index contributed by atoms with van der Waals surface area (Å²) < 4.78 is 0. The Morgan fingerprint density at radius 3 is 3.00 bits per heavy atom. The number of carbonyl (C=O) groups excluding carboxylic acids is 2. The van der Waals surface area contributed by atoms with Crippen LogP contribution in [0.1, 0.15) is 18.9 Å². The highest BCUT2D eigenvalue weighted by Gasteiger charge is 2.51. The van der Waals surface area contributed by atoms with Crippen LogP contribution >= 0.6 is 0 Å². The highest BCUT2D eigenvalue weighted by molar-refractivity contribution is 6.08. The van der Waals surface area contributed by atoms with Crippen LogP contribution in [0.5, 0.6) is 0 Å². The van der Waals surface area contributed by atoms with E-state index in [-0.39, 0.29) is 5.91 Å². The molecule has 6 heteroatoms. The molecule has 0 aromatic carbocycles. The van der Waals surface area contributed by atoms with Crippen molar-refractivity contribution in [1.29, 1.82) is 0 Å². The molecule has 3 amide bonds. The van der Waals surface area contributed by atoms with E-state index < -0.39 is 11.6 Å². The van der Waals surface area contributed by atoms with E-state index in [0.29, 0.717) is 13.0 Å². The number of carbonyl (C=O) groups is 2. The van der Waals surface area contributed by atoms with Gasteiger partial charge >= 0.3 is 6.03 Å². The van der Waals surface area contributed by atoms with Crippen molar-refractivity contribution in [3.8, 4) is 0 Å². The van der Waals surface area contributed by atoms with Crippen LogP contribution < -0.4 is 15.5 Å². The van der Waals surface area contributed by atoms with Crippen LogP contribution in [0.2, 0.25) is 0 Å². The average molecular weight is 246 g/mol. The number of nitrogens with one attached hydrogen (secondary N) is 2. The average Bonchev–Trinajstić information content (AvgIpc) is 2.66. The number of anilines is 1. The summed E-state index contributed by atoms with van der Waals surface area (Å²) in [6, 6.07) is 3.21. The maximum atomic E-state index is 12.1. The molecule has 3 rings (SSSR count). The number of amides is 3. The van der Waals surface area contributed by atoms with E-state index in [1.165, 1.54) is 0 Å². The van der Waals surface area contributed by atoms with Gasteiger partial charge in [0, 0.05) is 31.3 Å². The van der Waals surface area contributed by atoms with Crippen LogP contribution in [0.3, 0.4) is 0 Å². The summed E-state index contributed by atoms with van der Waals surface area (Å²) in [5.41, 5.74) is -0.159. The summed E-state index contributed by atoms with van der Waals surface area (Å²) in [6.45, 7) is 3.58. The summed E-state index contributed by atoms with van der Waals surface area (Å²) in [5, 5.41) is 5.07. The molecular weight excluding hydrogens is 232 g/mol. The molecule has 2 N–H and O–H groups in total. The van der Waals surface area contributed by atoms with Crippen molar-refractivity contribution in [3.05, 3.63) is 23.9 Å². The van der Waals surface area contributed by atoms with Gasteiger partial charge in [-0.1, -0.05) is 6.07 Å². The zero-order chi connectivity index (χ0) is 12.8. The molecule has 1 aromatic rings. The Labute approximate surface area is 104 Å². The Kier molecular flexibility index (Phi) is 2.26. The molecule has 1 atom stereocenters. The summed E-state index contributed by atoms with van der Waals surface area (Å²) in [7, 11) is 0. The van der Waals surface area contributed by atoms with Gasteiger partial charge in [-0.3, -0.25) is 10.1 Å². The molecule has 0 bridgehead atoms. The molecule has 6 nitrogen and oxygen atoms in total. The largest absolute Gasteiger partial charge is 0.356 e. The van der Waals surface area contributed by atoms with Crippen molar-refractivity contribution in [2.75, 3.05) is 18.0 Å². The molecular formula is C12H14N4O2.